The highest BCUT2D eigenvalue weighted by Crippen LogP contribution is 2.13. The zero-order valence-electron chi connectivity index (χ0n) is 8.79. The van der Waals surface area contributed by atoms with Gasteiger partial charge in [-0.05, 0) is 24.3 Å². The van der Waals surface area contributed by atoms with Crippen LogP contribution in [0.4, 0.5) is 5.69 Å². The van der Waals surface area contributed by atoms with E-state index in [1.165, 1.54) is 0 Å². The summed E-state index contributed by atoms with van der Waals surface area (Å²) in [6, 6.07) is 7.43. The minimum Gasteiger partial charge on any atom is -0.325 e. The lowest BCUT2D eigenvalue weighted by Gasteiger charge is -2.05. The van der Waals surface area contributed by atoms with Gasteiger partial charge < -0.3 is 10.6 Å². The number of hydrogen-bond donors (Lipinski definition) is 2. The zero-order valence-corrected chi connectivity index (χ0v) is 10.4. The molecule has 0 aromatic heterocycles. The lowest BCUT2D eigenvalue weighted by atomic mass is 10.3. The van der Waals surface area contributed by atoms with Gasteiger partial charge >= 0.3 is 0 Å². The van der Waals surface area contributed by atoms with Gasteiger partial charge in [0.2, 0.25) is 5.91 Å². The number of nitrogens with one attached hydrogen (secondary N) is 2. The van der Waals surface area contributed by atoms with Crippen molar-refractivity contribution in [1.82, 2.24) is 5.32 Å². The Balaban J connectivity index is 2.29. The number of hydrogen-bond acceptors (Lipinski definition) is 2. The van der Waals surface area contributed by atoms with Gasteiger partial charge in [0.05, 0.1) is 6.54 Å². The summed E-state index contributed by atoms with van der Waals surface area (Å²) in [6.45, 7) is 0.933. The molecule has 0 saturated heterocycles. The molecule has 16 heavy (non-hydrogen) atoms. The van der Waals surface area contributed by atoms with Crippen LogP contribution in [0, 0.1) is 12.3 Å². The van der Waals surface area contributed by atoms with Crippen LogP contribution in [0.5, 0.6) is 0 Å². The summed E-state index contributed by atoms with van der Waals surface area (Å²) >= 11 is 3.33. The molecular formula is C12H13BrN2O. The van der Waals surface area contributed by atoms with Crippen molar-refractivity contribution in [2.75, 3.05) is 18.4 Å². The molecule has 0 aliphatic heterocycles. The van der Waals surface area contributed by atoms with Gasteiger partial charge in [0.15, 0.2) is 0 Å². The first-order valence-electron chi connectivity index (χ1n) is 4.92. The number of rotatable bonds is 5. The average molecular weight is 281 g/mol. The van der Waals surface area contributed by atoms with E-state index in [1.807, 2.05) is 24.3 Å². The Morgan fingerprint density at radius 3 is 2.69 bits per heavy atom. The molecule has 2 N–H and O–H groups in total. The highest BCUT2D eigenvalue weighted by Gasteiger charge is 2.00. The molecule has 0 heterocycles. The maximum absolute atomic E-state index is 11.4. The van der Waals surface area contributed by atoms with E-state index in [4.69, 9.17) is 6.42 Å². The fourth-order valence-corrected chi connectivity index (χ4v) is 1.37. The maximum atomic E-state index is 11.4. The van der Waals surface area contributed by atoms with Crippen LogP contribution in [0.1, 0.15) is 6.42 Å². The number of anilines is 1. The summed E-state index contributed by atoms with van der Waals surface area (Å²) in [7, 11) is 0. The van der Waals surface area contributed by atoms with Crippen LogP contribution in [0.25, 0.3) is 0 Å². The lowest BCUT2D eigenvalue weighted by Crippen LogP contribution is -2.28. The van der Waals surface area contributed by atoms with Crippen molar-refractivity contribution in [2.45, 2.75) is 6.42 Å². The number of carbonyl (C=O) groups is 1. The fourth-order valence-electron chi connectivity index (χ4n) is 1.10. The van der Waals surface area contributed by atoms with Crippen LogP contribution in [0.15, 0.2) is 28.7 Å². The second-order valence-corrected chi connectivity index (χ2v) is 4.10. The molecule has 0 aliphatic carbocycles. The Bertz CT molecular complexity index is 381. The predicted octanol–water partition coefficient (Wildman–Crippen LogP) is 2.00. The number of carbonyl (C=O) groups excluding carboxylic acids is 1. The van der Waals surface area contributed by atoms with Crippen molar-refractivity contribution >= 4 is 27.5 Å². The summed E-state index contributed by atoms with van der Waals surface area (Å²) < 4.78 is 0.984. The van der Waals surface area contributed by atoms with Crippen molar-refractivity contribution in [1.29, 1.82) is 0 Å². The summed E-state index contributed by atoms with van der Waals surface area (Å²) in [5.74, 6) is 2.43. The van der Waals surface area contributed by atoms with E-state index in [-0.39, 0.29) is 12.5 Å². The summed E-state index contributed by atoms with van der Waals surface area (Å²) in [5.41, 5.74) is 0.784. The van der Waals surface area contributed by atoms with Crippen molar-refractivity contribution in [2.24, 2.45) is 0 Å². The summed E-state index contributed by atoms with van der Waals surface area (Å²) in [4.78, 5) is 11.4. The molecule has 1 aromatic carbocycles. The third-order valence-corrected chi connectivity index (χ3v) is 2.39. The van der Waals surface area contributed by atoms with Crippen molar-refractivity contribution < 1.29 is 4.79 Å². The number of terminal acetylenes is 1. The molecule has 0 atom stereocenters. The smallest absolute Gasteiger partial charge is 0.238 e. The van der Waals surface area contributed by atoms with Crippen LogP contribution in [0.2, 0.25) is 0 Å². The lowest BCUT2D eigenvalue weighted by molar-refractivity contribution is -0.115. The number of benzene rings is 1. The van der Waals surface area contributed by atoms with Crippen molar-refractivity contribution in [3.05, 3.63) is 28.7 Å². The monoisotopic (exact) mass is 280 g/mol. The van der Waals surface area contributed by atoms with Crippen LogP contribution < -0.4 is 10.6 Å². The maximum Gasteiger partial charge on any atom is 0.238 e. The van der Waals surface area contributed by atoms with Gasteiger partial charge in [-0.3, -0.25) is 4.79 Å². The second kappa shape index (κ2) is 7.04. The van der Waals surface area contributed by atoms with E-state index >= 15 is 0 Å². The largest absolute Gasteiger partial charge is 0.325 e. The van der Waals surface area contributed by atoms with Gasteiger partial charge in [0.1, 0.15) is 0 Å². The molecule has 0 saturated carbocycles. The highest BCUT2D eigenvalue weighted by atomic mass is 79.9. The van der Waals surface area contributed by atoms with E-state index in [1.54, 1.807) is 0 Å². The van der Waals surface area contributed by atoms with E-state index in [0.29, 0.717) is 13.0 Å². The molecule has 0 radical (unpaired) electrons. The standard InChI is InChI=1S/C12H13BrN2O/c1-2-3-8-14-9-12(16)15-11-6-4-10(13)5-7-11/h1,4-7,14H,3,8-9H2,(H,15,16). The first-order valence-corrected chi connectivity index (χ1v) is 5.71. The molecule has 0 aliphatic rings. The Kier molecular flexibility index (Phi) is 5.62. The molecule has 3 nitrogen and oxygen atoms in total. The van der Waals surface area contributed by atoms with Crippen LogP contribution in [0.3, 0.4) is 0 Å². The van der Waals surface area contributed by atoms with E-state index in [0.717, 1.165) is 10.2 Å². The first-order chi connectivity index (χ1) is 7.72. The summed E-state index contributed by atoms with van der Waals surface area (Å²) in [5, 5.41) is 5.73. The van der Waals surface area contributed by atoms with Gasteiger partial charge in [-0.25, -0.2) is 0 Å². The molecule has 0 spiro atoms. The molecule has 1 aromatic rings. The molecule has 0 unspecified atom stereocenters. The number of halogens is 1. The van der Waals surface area contributed by atoms with Gasteiger partial charge in [0, 0.05) is 23.1 Å². The van der Waals surface area contributed by atoms with Crippen molar-refractivity contribution in [3.8, 4) is 12.3 Å². The third kappa shape index (κ3) is 4.96. The van der Waals surface area contributed by atoms with E-state index in [2.05, 4.69) is 32.5 Å². The molecular weight excluding hydrogens is 268 g/mol. The Morgan fingerprint density at radius 2 is 2.06 bits per heavy atom. The zero-order chi connectivity index (χ0) is 11.8. The molecule has 84 valence electrons. The van der Waals surface area contributed by atoms with Crippen LogP contribution >= 0.6 is 15.9 Å². The quantitative estimate of drug-likeness (QED) is 0.640. The summed E-state index contributed by atoms with van der Waals surface area (Å²) in [6.07, 6.45) is 5.72. The SMILES string of the molecule is C#CCCNCC(=O)Nc1ccc(Br)cc1. The van der Waals surface area contributed by atoms with Crippen LogP contribution in [-0.2, 0) is 4.79 Å². The average Bonchev–Trinajstić information content (AvgIpc) is 2.28. The van der Waals surface area contributed by atoms with Gasteiger partial charge in [0.25, 0.3) is 0 Å². The minimum atomic E-state index is -0.0701. The van der Waals surface area contributed by atoms with Crippen LogP contribution in [-0.4, -0.2) is 19.0 Å². The Morgan fingerprint density at radius 1 is 1.38 bits per heavy atom. The number of amides is 1. The predicted molar refractivity (Wildman–Crippen MR) is 69.1 cm³/mol. The Labute approximate surface area is 104 Å². The molecule has 0 fully saturated rings. The topological polar surface area (TPSA) is 41.1 Å². The third-order valence-electron chi connectivity index (χ3n) is 1.86. The molecule has 1 rings (SSSR count). The minimum absolute atomic E-state index is 0.0701. The first kappa shape index (κ1) is 12.8. The highest BCUT2D eigenvalue weighted by molar-refractivity contribution is 9.10. The van der Waals surface area contributed by atoms with Gasteiger partial charge in [-0.2, -0.15) is 0 Å². The van der Waals surface area contributed by atoms with Gasteiger partial charge in [-0.15, -0.1) is 12.3 Å². The van der Waals surface area contributed by atoms with E-state index < -0.39 is 0 Å². The molecule has 4 heteroatoms. The fraction of sp³-hybridized carbons (Fsp3) is 0.250. The Hall–Kier alpha value is -1.31. The normalized spacial score (nSPS) is 9.50. The molecule has 0 bridgehead atoms. The van der Waals surface area contributed by atoms with Gasteiger partial charge in [-0.1, -0.05) is 15.9 Å². The van der Waals surface area contributed by atoms with Crippen molar-refractivity contribution in [3.63, 3.8) is 0 Å². The van der Waals surface area contributed by atoms with E-state index in [9.17, 15) is 4.79 Å². The second-order valence-electron chi connectivity index (χ2n) is 3.19. The molecule has 1 amide bonds.